The molecule has 2 aliphatic heterocycles. The van der Waals surface area contributed by atoms with Crippen molar-refractivity contribution in [1.82, 2.24) is 9.80 Å². The Bertz CT molecular complexity index is 912. The second-order valence-electron chi connectivity index (χ2n) is 7.64. The highest BCUT2D eigenvalue weighted by Crippen LogP contribution is 2.36. The zero-order valence-electron chi connectivity index (χ0n) is 16.9. The average molecular weight is 429 g/mol. The number of carbonyl (C=O) groups is 2. The lowest BCUT2D eigenvalue weighted by molar-refractivity contribution is -0.139. The van der Waals surface area contributed by atoms with E-state index in [-0.39, 0.29) is 23.7 Å². The average Bonchev–Trinajstić information content (AvgIpc) is 3.25. The molecule has 7 heteroatoms. The monoisotopic (exact) mass is 428 g/mol. The Kier molecular flexibility index (Phi) is 6.25. The SMILES string of the molecule is COc1cccc([C@H]2CN(C(=O)c3ccc(Cl)cc3)C[C@@H]2C(=O)N2CCOCC2)c1. The van der Waals surface area contributed by atoms with E-state index in [1.807, 2.05) is 29.2 Å². The van der Waals surface area contributed by atoms with Gasteiger partial charge in [0.1, 0.15) is 5.75 Å². The molecule has 0 aromatic heterocycles. The maximum Gasteiger partial charge on any atom is 0.253 e. The van der Waals surface area contributed by atoms with Crippen LogP contribution in [0.2, 0.25) is 5.02 Å². The number of ether oxygens (including phenoxy) is 2. The number of morpholine rings is 1. The third-order valence-electron chi connectivity index (χ3n) is 5.86. The van der Waals surface area contributed by atoms with Gasteiger partial charge >= 0.3 is 0 Å². The Morgan fingerprint density at radius 1 is 1.03 bits per heavy atom. The molecule has 2 atom stereocenters. The van der Waals surface area contributed by atoms with Crippen molar-refractivity contribution < 1.29 is 19.1 Å². The van der Waals surface area contributed by atoms with E-state index in [1.165, 1.54) is 0 Å². The molecule has 30 heavy (non-hydrogen) atoms. The molecule has 0 spiro atoms. The van der Waals surface area contributed by atoms with Crippen molar-refractivity contribution in [3.05, 3.63) is 64.7 Å². The maximum atomic E-state index is 13.4. The van der Waals surface area contributed by atoms with Crippen molar-refractivity contribution in [3.63, 3.8) is 0 Å². The molecule has 0 radical (unpaired) electrons. The second kappa shape index (κ2) is 9.06. The first-order valence-corrected chi connectivity index (χ1v) is 10.5. The van der Waals surface area contributed by atoms with Crippen LogP contribution < -0.4 is 4.74 Å². The van der Waals surface area contributed by atoms with Crippen molar-refractivity contribution in [2.24, 2.45) is 5.92 Å². The summed E-state index contributed by atoms with van der Waals surface area (Å²) in [5, 5.41) is 0.586. The van der Waals surface area contributed by atoms with E-state index >= 15 is 0 Å². The maximum absolute atomic E-state index is 13.4. The van der Waals surface area contributed by atoms with Gasteiger partial charge in [0.05, 0.1) is 26.2 Å². The fourth-order valence-electron chi connectivity index (χ4n) is 4.22. The standard InChI is InChI=1S/C23H25ClN2O4/c1-29-19-4-2-3-17(13-19)20-14-26(22(27)16-5-7-18(24)8-6-16)15-21(20)23(28)25-9-11-30-12-10-25/h2-8,13,20-21H,9-12,14-15H2,1H3/t20-,21+/m1/s1. The number of likely N-dealkylation sites (tertiary alicyclic amines) is 1. The van der Waals surface area contributed by atoms with Gasteiger partial charge in [0.2, 0.25) is 5.91 Å². The molecule has 0 saturated carbocycles. The number of hydrogen-bond donors (Lipinski definition) is 0. The Hall–Kier alpha value is -2.57. The summed E-state index contributed by atoms with van der Waals surface area (Å²) in [7, 11) is 1.63. The van der Waals surface area contributed by atoms with Crippen LogP contribution in [0.1, 0.15) is 21.8 Å². The van der Waals surface area contributed by atoms with Gasteiger partial charge in [-0.1, -0.05) is 23.7 Å². The Labute approximate surface area is 181 Å². The third kappa shape index (κ3) is 4.30. The molecule has 2 saturated heterocycles. The molecule has 158 valence electrons. The molecule has 0 unspecified atom stereocenters. The number of nitrogens with zero attached hydrogens (tertiary/aromatic N) is 2. The van der Waals surface area contributed by atoms with Gasteiger partial charge in [0.15, 0.2) is 0 Å². The van der Waals surface area contributed by atoms with Crippen LogP contribution >= 0.6 is 11.6 Å². The summed E-state index contributed by atoms with van der Waals surface area (Å²) >= 11 is 5.96. The van der Waals surface area contributed by atoms with Crippen LogP contribution in [0.5, 0.6) is 5.75 Å². The minimum atomic E-state index is -0.300. The topological polar surface area (TPSA) is 59.1 Å². The zero-order valence-corrected chi connectivity index (χ0v) is 17.7. The summed E-state index contributed by atoms with van der Waals surface area (Å²) in [6.45, 7) is 3.15. The second-order valence-corrected chi connectivity index (χ2v) is 8.08. The van der Waals surface area contributed by atoms with E-state index in [4.69, 9.17) is 21.1 Å². The molecule has 2 heterocycles. The first kappa shape index (κ1) is 20.7. The summed E-state index contributed by atoms with van der Waals surface area (Å²) in [4.78, 5) is 30.1. The van der Waals surface area contributed by atoms with Crippen LogP contribution in [-0.4, -0.2) is 68.1 Å². The minimum absolute atomic E-state index is 0.0810. The van der Waals surface area contributed by atoms with Crippen LogP contribution in [0, 0.1) is 5.92 Å². The quantitative estimate of drug-likeness (QED) is 0.751. The first-order valence-electron chi connectivity index (χ1n) is 10.1. The molecule has 0 bridgehead atoms. The molecule has 2 amide bonds. The van der Waals surface area contributed by atoms with Gasteiger partial charge < -0.3 is 19.3 Å². The molecule has 6 nitrogen and oxygen atoms in total. The van der Waals surface area contributed by atoms with E-state index in [0.29, 0.717) is 50.0 Å². The number of halogens is 1. The van der Waals surface area contributed by atoms with Crippen LogP contribution in [0.4, 0.5) is 0 Å². The number of amides is 2. The van der Waals surface area contributed by atoms with Crippen molar-refractivity contribution >= 4 is 23.4 Å². The number of hydrogen-bond acceptors (Lipinski definition) is 4. The lowest BCUT2D eigenvalue weighted by Crippen LogP contribution is -2.45. The van der Waals surface area contributed by atoms with Gasteiger partial charge in [-0.25, -0.2) is 0 Å². The van der Waals surface area contributed by atoms with E-state index in [1.54, 1.807) is 36.3 Å². The molecule has 4 rings (SSSR count). The summed E-state index contributed by atoms with van der Waals surface area (Å²) in [6, 6.07) is 14.6. The normalized spacial score (nSPS) is 21.5. The van der Waals surface area contributed by atoms with Crippen LogP contribution in [0.25, 0.3) is 0 Å². The molecule has 0 N–H and O–H groups in total. The van der Waals surface area contributed by atoms with Gasteiger partial charge in [-0.2, -0.15) is 0 Å². The summed E-state index contributed by atoms with van der Waals surface area (Å²) in [5.41, 5.74) is 1.58. The zero-order chi connectivity index (χ0) is 21.1. The third-order valence-corrected chi connectivity index (χ3v) is 6.11. The van der Waals surface area contributed by atoms with Crippen LogP contribution in [-0.2, 0) is 9.53 Å². The first-order chi connectivity index (χ1) is 14.6. The van der Waals surface area contributed by atoms with E-state index in [2.05, 4.69) is 0 Å². The predicted octanol–water partition coefficient (Wildman–Crippen LogP) is 3.06. The van der Waals surface area contributed by atoms with Crippen molar-refractivity contribution in [2.45, 2.75) is 5.92 Å². The Morgan fingerprint density at radius 3 is 2.47 bits per heavy atom. The predicted molar refractivity (Wildman–Crippen MR) is 114 cm³/mol. The van der Waals surface area contributed by atoms with E-state index in [0.717, 1.165) is 11.3 Å². The molecule has 2 aromatic rings. The number of carbonyl (C=O) groups excluding carboxylic acids is 2. The van der Waals surface area contributed by atoms with Gasteiger partial charge in [-0.3, -0.25) is 9.59 Å². The van der Waals surface area contributed by atoms with Crippen molar-refractivity contribution in [3.8, 4) is 5.75 Å². The van der Waals surface area contributed by atoms with E-state index < -0.39 is 0 Å². The Balaban J connectivity index is 1.61. The molecule has 2 aliphatic rings. The highest BCUT2D eigenvalue weighted by atomic mass is 35.5. The van der Waals surface area contributed by atoms with Gasteiger partial charge in [-0.05, 0) is 42.0 Å². The van der Waals surface area contributed by atoms with Gasteiger partial charge in [0, 0.05) is 42.7 Å². The van der Waals surface area contributed by atoms with Crippen molar-refractivity contribution in [1.29, 1.82) is 0 Å². The summed E-state index contributed by atoms with van der Waals surface area (Å²) < 4.78 is 10.8. The number of rotatable bonds is 4. The van der Waals surface area contributed by atoms with E-state index in [9.17, 15) is 9.59 Å². The summed E-state index contributed by atoms with van der Waals surface area (Å²) in [5.74, 6) is 0.347. The Morgan fingerprint density at radius 2 is 1.77 bits per heavy atom. The lowest BCUT2D eigenvalue weighted by Gasteiger charge is -2.30. The molecular weight excluding hydrogens is 404 g/mol. The lowest BCUT2D eigenvalue weighted by atomic mass is 9.87. The molecule has 2 fully saturated rings. The van der Waals surface area contributed by atoms with Gasteiger partial charge in [-0.15, -0.1) is 0 Å². The molecule has 2 aromatic carbocycles. The minimum Gasteiger partial charge on any atom is -0.497 e. The highest BCUT2D eigenvalue weighted by molar-refractivity contribution is 6.30. The van der Waals surface area contributed by atoms with Crippen LogP contribution in [0.3, 0.4) is 0 Å². The molecular formula is C23H25ClN2O4. The van der Waals surface area contributed by atoms with Gasteiger partial charge in [0.25, 0.3) is 5.91 Å². The largest absolute Gasteiger partial charge is 0.497 e. The van der Waals surface area contributed by atoms with Crippen LogP contribution in [0.15, 0.2) is 48.5 Å². The number of methoxy groups -OCH3 is 1. The smallest absolute Gasteiger partial charge is 0.253 e. The highest BCUT2D eigenvalue weighted by Gasteiger charge is 2.42. The van der Waals surface area contributed by atoms with Crippen molar-refractivity contribution in [2.75, 3.05) is 46.5 Å². The fraction of sp³-hybridized carbons (Fsp3) is 0.391. The summed E-state index contributed by atoms with van der Waals surface area (Å²) in [6.07, 6.45) is 0. The number of benzene rings is 2. The molecule has 0 aliphatic carbocycles. The fourth-order valence-corrected chi connectivity index (χ4v) is 4.35.